The van der Waals surface area contributed by atoms with Crippen LogP contribution in [-0.4, -0.2) is 21.1 Å². The molecule has 3 rings (SSSR count). The van der Waals surface area contributed by atoms with Crippen LogP contribution in [0.5, 0.6) is 0 Å². The van der Waals surface area contributed by atoms with Crippen LogP contribution in [0.15, 0.2) is 59.3 Å². The predicted molar refractivity (Wildman–Crippen MR) is 77.5 cm³/mol. The molecular formula is C16H13N3O3. The van der Waals surface area contributed by atoms with Crippen molar-refractivity contribution in [2.24, 2.45) is 0 Å². The first-order valence-corrected chi connectivity index (χ1v) is 6.75. The number of hydrogen-bond donors (Lipinski definition) is 0. The summed E-state index contributed by atoms with van der Waals surface area (Å²) in [5, 5.41) is 3.80. The molecule has 2 aromatic heterocycles. The second-order valence-electron chi connectivity index (χ2n) is 4.55. The summed E-state index contributed by atoms with van der Waals surface area (Å²) in [4.78, 5) is 20.0. The van der Waals surface area contributed by atoms with E-state index in [4.69, 9.17) is 9.26 Å². The highest BCUT2D eigenvalue weighted by Gasteiger charge is 2.14. The number of esters is 1. The number of nitrogens with zero attached hydrogens (tertiary/aromatic N) is 3. The van der Waals surface area contributed by atoms with Gasteiger partial charge >= 0.3 is 5.97 Å². The maximum atomic E-state index is 11.8. The van der Waals surface area contributed by atoms with Gasteiger partial charge in [-0.15, -0.1) is 0 Å². The molecule has 0 aliphatic carbocycles. The zero-order valence-electron chi connectivity index (χ0n) is 11.7. The van der Waals surface area contributed by atoms with Crippen LogP contribution in [0.1, 0.15) is 11.5 Å². The van der Waals surface area contributed by atoms with E-state index in [0.29, 0.717) is 11.5 Å². The summed E-state index contributed by atoms with van der Waals surface area (Å²) in [5.74, 6) is 0.144. The van der Waals surface area contributed by atoms with Crippen molar-refractivity contribution in [1.82, 2.24) is 15.1 Å². The number of hydrogen-bond acceptors (Lipinski definition) is 6. The Morgan fingerprint density at radius 1 is 1.09 bits per heavy atom. The van der Waals surface area contributed by atoms with Gasteiger partial charge in [0.25, 0.3) is 0 Å². The average molecular weight is 295 g/mol. The Morgan fingerprint density at radius 3 is 2.68 bits per heavy atom. The van der Waals surface area contributed by atoms with E-state index in [0.717, 1.165) is 5.56 Å². The van der Waals surface area contributed by atoms with E-state index in [-0.39, 0.29) is 18.9 Å². The summed E-state index contributed by atoms with van der Waals surface area (Å²) >= 11 is 0. The fourth-order valence-electron chi connectivity index (χ4n) is 1.84. The highest BCUT2D eigenvalue weighted by molar-refractivity contribution is 5.71. The van der Waals surface area contributed by atoms with Crippen LogP contribution < -0.4 is 0 Å². The molecule has 0 amide bonds. The molecule has 6 heteroatoms. The molecule has 2 heterocycles. The summed E-state index contributed by atoms with van der Waals surface area (Å²) in [6.45, 7) is 0.223. The quantitative estimate of drug-likeness (QED) is 0.673. The van der Waals surface area contributed by atoms with E-state index in [1.54, 1.807) is 18.3 Å². The highest BCUT2D eigenvalue weighted by Crippen LogP contribution is 2.12. The molecule has 0 aliphatic heterocycles. The van der Waals surface area contributed by atoms with Gasteiger partial charge in [0.15, 0.2) is 0 Å². The Morgan fingerprint density at radius 2 is 1.91 bits per heavy atom. The number of carbonyl (C=O) groups excluding carboxylic acids is 1. The lowest BCUT2D eigenvalue weighted by Gasteiger charge is -2.02. The molecule has 0 aliphatic rings. The average Bonchev–Trinajstić information content (AvgIpc) is 3.03. The van der Waals surface area contributed by atoms with Crippen molar-refractivity contribution in [1.29, 1.82) is 0 Å². The molecule has 0 atom stereocenters. The Kier molecular flexibility index (Phi) is 4.20. The summed E-state index contributed by atoms with van der Waals surface area (Å²) in [6.07, 6.45) is 1.58. The first-order valence-electron chi connectivity index (χ1n) is 6.75. The third-order valence-corrected chi connectivity index (χ3v) is 2.90. The summed E-state index contributed by atoms with van der Waals surface area (Å²) in [6, 6.07) is 14.8. The topological polar surface area (TPSA) is 78.1 Å². The van der Waals surface area contributed by atoms with E-state index < -0.39 is 5.97 Å². The van der Waals surface area contributed by atoms with E-state index >= 15 is 0 Å². The lowest BCUT2D eigenvalue weighted by atomic mass is 10.2. The highest BCUT2D eigenvalue weighted by atomic mass is 16.5. The van der Waals surface area contributed by atoms with Crippen molar-refractivity contribution in [3.05, 3.63) is 66.2 Å². The van der Waals surface area contributed by atoms with Gasteiger partial charge in [-0.25, -0.2) is 0 Å². The molecule has 1 aromatic carbocycles. The van der Waals surface area contributed by atoms with Crippen LogP contribution in [-0.2, 0) is 22.6 Å². The van der Waals surface area contributed by atoms with Crippen LogP contribution in [0.3, 0.4) is 0 Å². The van der Waals surface area contributed by atoms with Crippen LogP contribution >= 0.6 is 0 Å². The van der Waals surface area contributed by atoms with E-state index in [1.165, 1.54) is 0 Å². The van der Waals surface area contributed by atoms with Gasteiger partial charge in [0, 0.05) is 6.20 Å². The molecule has 0 bridgehead atoms. The SMILES string of the molecule is O=C(Cc1nc(-c2ccccn2)no1)OCc1ccccc1. The van der Waals surface area contributed by atoms with Crippen LogP contribution in [0.25, 0.3) is 11.5 Å². The number of aromatic nitrogens is 3. The number of rotatable bonds is 5. The molecule has 0 saturated carbocycles. The molecule has 110 valence electrons. The smallest absolute Gasteiger partial charge is 0.315 e. The van der Waals surface area contributed by atoms with Gasteiger partial charge in [-0.3, -0.25) is 9.78 Å². The third-order valence-electron chi connectivity index (χ3n) is 2.90. The van der Waals surface area contributed by atoms with Crippen molar-refractivity contribution < 1.29 is 14.1 Å². The van der Waals surface area contributed by atoms with Crippen molar-refractivity contribution >= 4 is 5.97 Å². The van der Waals surface area contributed by atoms with Crippen molar-refractivity contribution in [3.8, 4) is 11.5 Å². The third kappa shape index (κ3) is 3.54. The number of benzene rings is 1. The molecule has 0 saturated heterocycles. The van der Waals surface area contributed by atoms with Gasteiger partial charge in [-0.05, 0) is 17.7 Å². The maximum Gasteiger partial charge on any atom is 0.315 e. The van der Waals surface area contributed by atoms with Gasteiger partial charge in [0.2, 0.25) is 11.7 Å². The predicted octanol–water partition coefficient (Wildman–Crippen LogP) is 2.42. The van der Waals surface area contributed by atoms with Crippen molar-refractivity contribution in [2.45, 2.75) is 13.0 Å². The minimum absolute atomic E-state index is 0.0628. The van der Waals surface area contributed by atoms with Crippen LogP contribution in [0.2, 0.25) is 0 Å². The van der Waals surface area contributed by atoms with Gasteiger partial charge < -0.3 is 9.26 Å². The maximum absolute atomic E-state index is 11.8. The van der Waals surface area contributed by atoms with Crippen molar-refractivity contribution in [2.75, 3.05) is 0 Å². The summed E-state index contributed by atoms with van der Waals surface area (Å²) in [7, 11) is 0. The zero-order chi connectivity index (χ0) is 15.2. The first kappa shape index (κ1) is 13.9. The van der Waals surface area contributed by atoms with E-state index in [2.05, 4.69) is 15.1 Å². The summed E-state index contributed by atoms with van der Waals surface area (Å²) < 4.78 is 10.2. The number of pyridine rings is 1. The fraction of sp³-hybridized carbons (Fsp3) is 0.125. The Balaban J connectivity index is 1.57. The Hall–Kier alpha value is -3.02. The molecule has 0 spiro atoms. The molecule has 0 N–H and O–H groups in total. The Labute approximate surface area is 126 Å². The largest absolute Gasteiger partial charge is 0.460 e. The van der Waals surface area contributed by atoms with Gasteiger partial charge in [-0.1, -0.05) is 41.6 Å². The summed E-state index contributed by atoms with van der Waals surface area (Å²) in [5.41, 5.74) is 1.52. The van der Waals surface area contributed by atoms with Gasteiger partial charge in [0.1, 0.15) is 18.7 Å². The number of carbonyl (C=O) groups is 1. The minimum atomic E-state index is -0.417. The molecule has 0 unspecified atom stereocenters. The van der Waals surface area contributed by atoms with Crippen LogP contribution in [0, 0.1) is 0 Å². The standard InChI is InChI=1S/C16H13N3O3/c20-15(21-11-12-6-2-1-3-7-12)10-14-18-16(19-22-14)13-8-4-5-9-17-13/h1-9H,10-11H2. The van der Waals surface area contributed by atoms with Crippen LogP contribution in [0.4, 0.5) is 0 Å². The van der Waals surface area contributed by atoms with Gasteiger partial charge in [-0.2, -0.15) is 4.98 Å². The molecule has 0 radical (unpaired) electrons. The monoisotopic (exact) mass is 295 g/mol. The zero-order valence-corrected chi connectivity index (χ0v) is 11.7. The van der Waals surface area contributed by atoms with Gasteiger partial charge in [0.05, 0.1) is 0 Å². The lowest BCUT2D eigenvalue weighted by molar-refractivity contribution is -0.144. The molecule has 22 heavy (non-hydrogen) atoms. The minimum Gasteiger partial charge on any atom is -0.460 e. The van der Waals surface area contributed by atoms with E-state index in [9.17, 15) is 4.79 Å². The first-order chi connectivity index (χ1) is 10.8. The molecule has 6 nitrogen and oxygen atoms in total. The van der Waals surface area contributed by atoms with Crippen molar-refractivity contribution in [3.63, 3.8) is 0 Å². The molecule has 3 aromatic rings. The second-order valence-corrected chi connectivity index (χ2v) is 4.55. The second kappa shape index (κ2) is 6.62. The molecule has 0 fully saturated rings. The lowest BCUT2D eigenvalue weighted by Crippen LogP contribution is -2.08. The molecular weight excluding hydrogens is 282 g/mol. The Bertz CT molecular complexity index is 742. The number of ether oxygens (including phenoxy) is 1. The normalized spacial score (nSPS) is 10.4. The fourth-order valence-corrected chi connectivity index (χ4v) is 1.84. The van der Waals surface area contributed by atoms with E-state index in [1.807, 2.05) is 36.4 Å².